The van der Waals surface area contributed by atoms with E-state index in [0.717, 1.165) is 18.5 Å². The number of carbonyl (C=O) groups excluding carboxylic acids is 1. The van der Waals surface area contributed by atoms with Gasteiger partial charge >= 0.3 is 6.09 Å². The van der Waals surface area contributed by atoms with E-state index in [0.29, 0.717) is 37.1 Å². The van der Waals surface area contributed by atoms with Crippen molar-refractivity contribution in [1.82, 2.24) is 15.2 Å². The minimum Gasteiger partial charge on any atom is -0.487 e. The second-order valence-electron chi connectivity index (χ2n) is 8.49. The van der Waals surface area contributed by atoms with Crippen LogP contribution in [-0.4, -0.2) is 46.7 Å². The van der Waals surface area contributed by atoms with Crippen molar-refractivity contribution in [2.75, 3.05) is 19.7 Å². The quantitative estimate of drug-likeness (QED) is 0.703. The summed E-state index contributed by atoms with van der Waals surface area (Å²) in [6, 6.07) is 5.92. The van der Waals surface area contributed by atoms with E-state index in [2.05, 4.69) is 10.3 Å². The predicted molar refractivity (Wildman–Crippen MR) is 112 cm³/mol. The first-order valence-electron chi connectivity index (χ1n) is 10.6. The fraction of sp³-hybridized carbons (Fsp3) is 0.435. The third-order valence-corrected chi connectivity index (χ3v) is 6.10. The second kappa shape index (κ2) is 8.72. The lowest BCUT2D eigenvalue weighted by Gasteiger charge is -2.29. The van der Waals surface area contributed by atoms with Gasteiger partial charge in [0.15, 0.2) is 17.4 Å². The van der Waals surface area contributed by atoms with Crippen molar-refractivity contribution in [3.8, 4) is 16.9 Å². The molecule has 32 heavy (non-hydrogen) atoms. The summed E-state index contributed by atoms with van der Waals surface area (Å²) in [5, 5.41) is 11.9. The topological polar surface area (TPSA) is 91.8 Å². The molecule has 170 valence electrons. The Morgan fingerprint density at radius 1 is 1.19 bits per heavy atom. The van der Waals surface area contributed by atoms with Gasteiger partial charge in [-0.25, -0.2) is 13.6 Å². The lowest BCUT2D eigenvalue weighted by Crippen LogP contribution is -2.38. The Morgan fingerprint density at radius 2 is 1.84 bits per heavy atom. The first-order chi connectivity index (χ1) is 15.3. The third kappa shape index (κ3) is 4.66. The van der Waals surface area contributed by atoms with Crippen LogP contribution in [0, 0.1) is 17.6 Å². The Morgan fingerprint density at radius 3 is 2.34 bits per heavy atom. The Kier molecular flexibility index (Phi) is 5.99. The van der Waals surface area contributed by atoms with Crippen LogP contribution >= 0.6 is 0 Å². The number of nitrogens with zero attached hydrogens (tertiary/aromatic N) is 2. The molecule has 0 unspecified atom stereocenters. The van der Waals surface area contributed by atoms with E-state index in [1.807, 2.05) is 0 Å². The van der Waals surface area contributed by atoms with Crippen molar-refractivity contribution in [1.29, 1.82) is 0 Å². The number of carbonyl (C=O) groups is 2. The number of carboxylic acid groups (broad SMARTS) is 1. The first kappa shape index (κ1) is 22.0. The zero-order chi connectivity index (χ0) is 22.9. The van der Waals surface area contributed by atoms with Gasteiger partial charge in [0.2, 0.25) is 5.91 Å². The van der Waals surface area contributed by atoms with E-state index in [-0.39, 0.29) is 18.4 Å². The van der Waals surface area contributed by atoms with Crippen molar-refractivity contribution >= 4 is 12.0 Å². The van der Waals surface area contributed by atoms with Crippen LogP contribution in [0.4, 0.5) is 13.6 Å². The van der Waals surface area contributed by atoms with Gasteiger partial charge in [0, 0.05) is 31.8 Å². The molecule has 0 radical (unpaired) electrons. The number of halogens is 2. The highest BCUT2D eigenvalue weighted by Gasteiger charge is 2.46. The van der Waals surface area contributed by atoms with Crippen molar-refractivity contribution in [2.24, 2.45) is 5.92 Å². The molecule has 2 amide bonds. The van der Waals surface area contributed by atoms with E-state index in [4.69, 9.17) is 9.84 Å². The Balaban J connectivity index is 1.42. The Labute approximate surface area is 184 Å². The van der Waals surface area contributed by atoms with Gasteiger partial charge < -0.3 is 20.1 Å². The number of pyridine rings is 1. The SMILES string of the molecule is CC(=O)NC1(c2ccc(-c3cc(F)c(OCC4CCN(C(=O)O)CC4)c(F)c3)cn2)CC1. The number of ether oxygens (including phenoxy) is 1. The monoisotopic (exact) mass is 445 g/mol. The molecule has 0 bridgehead atoms. The van der Waals surface area contributed by atoms with Crippen LogP contribution in [-0.2, 0) is 10.3 Å². The van der Waals surface area contributed by atoms with Crippen molar-refractivity contribution < 1.29 is 28.2 Å². The molecule has 1 aromatic heterocycles. The molecule has 2 aromatic rings. The van der Waals surface area contributed by atoms with Gasteiger partial charge in [0.1, 0.15) is 0 Å². The molecule has 1 aliphatic carbocycles. The van der Waals surface area contributed by atoms with Gasteiger partial charge in [0.25, 0.3) is 0 Å². The lowest BCUT2D eigenvalue weighted by atomic mass is 9.98. The Bertz CT molecular complexity index is 993. The summed E-state index contributed by atoms with van der Waals surface area (Å²) in [4.78, 5) is 28.1. The highest BCUT2D eigenvalue weighted by molar-refractivity contribution is 5.74. The maximum Gasteiger partial charge on any atom is 0.407 e. The lowest BCUT2D eigenvalue weighted by molar-refractivity contribution is -0.120. The van der Waals surface area contributed by atoms with Crippen LogP contribution in [0.1, 0.15) is 38.3 Å². The molecule has 1 aliphatic heterocycles. The van der Waals surface area contributed by atoms with Crippen LogP contribution in [0.3, 0.4) is 0 Å². The summed E-state index contributed by atoms with van der Waals surface area (Å²) in [6.07, 6.45) is 3.38. The van der Waals surface area contributed by atoms with Crippen molar-refractivity contribution in [2.45, 2.75) is 38.1 Å². The number of nitrogens with one attached hydrogen (secondary N) is 1. The van der Waals surface area contributed by atoms with E-state index in [9.17, 15) is 18.4 Å². The normalized spacial score (nSPS) is 17.7. The van der Waals surface area contributed by atoms with Crippen molar-refractivity contribution in [3.63, 3.8) is 0 Å². The number of rotatable bonds is 6. The van der Waals surface area contributed by atoms with Crippen LogP contribution in [0.5, 0.6) is 5.75 Å². The molecule has 4 rings (SSSR count). The molecule has 2 heterocycles. The highest BCUT2D eigenvalue weighted by Crippen LogP contribution is 2.44. The van der Waals surface area contributed by atoms with Gasteiger partial charge in [-0.3, -0.25) is 9.78 Å². The molecule has 1 saturated heterocycles. The van der Waals surface area contributed by atoms with Crippen LogP contribution < -0.4 is 10.1 Å². The van der Waals surface area contributed by atoms with Gasteiger partial charge in [-0.2, -0.15) is 0 Å². The summed E-state index contributed by atoms with van der Waals surface area (Å²) < 4.78 is 34.7. The number of amides is 2. The van der Waals surface area contributed by atoms with Gasteiger partial charge in [0.05, 0.1) is 17.8 Å². The largest absolute Gasteiger partial charge is 0.487 e. The summed E-state index contributed by atoms with van der Waals surface area (Å²) in [5.41, 5.74) is 1.19. The predicted octanol–water partition coefficient (Wildman–Crippen LogP) is 3.92. The van der Waals surface area contributed by atoms with Gasteiger partial charge in [-0.15, -0.1) is 0 Å². The van der Waals surface area contributed by atoms with Crippen LogP contribution in [0.2, 0.25) is 0 Å². The number of benzene rings is 1. The second-order valence-corrected chi connectivity index (χ2v) is 8.49. The summed E-state index contributed by atoms with van der Waals surface area (Å²) in [7, 11) is 0. The van der Waals surface area contributed by atoms with Crippen LogP contribution in [0.15, 0.2) is 30.5 Å². The maximum absolute atomic E-state index is 14.6. The summed E-state index contributed by atoms with van der Waals surface area (Å²) in [5.74, 6) is -2.12. The molecule has 0 spiro atoms. The average Bonchev–Trinajstić information content (AvgIpc) is 3.53. The van der Waals surface area contributed by atoms with Gasteiger partial charge in [-0.05, 0) is 55.4 Å². The minimum absolute atomic E-state index is 0.0409. The molecule has 7 nitrogen and oxygen atoms in total. The van der Waals surface area contributed by atoms with Gasteiger partial charge in [-0.1, -0.05) is 6.07 Å². The number of piperidine rings is 1. The molecular weight excluding hydrogens is 420 g/mol. The number of aromatic nitrogens is 1. The fourth-order valence-corrected chi connectivity index (χ4v) is 4.11. The maximum atomic E-state index is 14.6. The molecular formula is C23H25F2N3O4. The van der Waals surface area contributed by atoms with E-state index >= 15 is 0 Å². The molecule has 2 N–H and O–H groups in total. The third-order valence-electron chi connectivity index (χ3n) is 6.10. The smallest absolute Gasteiger partial charge is 0.407 e. The molecule has 1 saturated carbocycles. The van der Waals surface area contributed by atoms with E-state index < -0.39 is 29.0 Å². The molecule has 2 aliphatic rings. The number of hydrogen-bond acceptors (Lipinski definition) is 4. The fourth-order valence-electron chi connectivity index (χ4n) is 4.11. The molecule has 9 heteroatoms. The molecule has 1 aromatic carbocycles. The van der Waals surface area contributed by atoms with E-state index in [1.165, 1.54) is 24.0 Å². The number of hydrogen-bond donors (Lipinski definition) is 2. The standard InChI is InChI=1S/C23H25F2N3O4/c1-14(29)27-23(6-7-23)20-3-2-16(12-26-20)17-10-18(24)21(19(25)11-17)32-13-15-4-8-28(9-5-15)22(30)31/h2-3,10-12,15H,4-9,13H2,1H3,(H,27,29)(H,30,31). The Hall–Kier alpha value is -3.23. The number of likely N-dealkylation sites (tertiary alicyclic amines) is 1. The van der Waals surface area contributed by atoms with Crippen LogP contribution in [0.25, 0.3) is 11.1 Å². The first-order valence-corrected chi connectivity index (χ1v) is 10.6. The zero-order valence-electron chi connectivity index (χ0n) is 17.7. The minimum atomic E-state index is -0.956. The molecule has 0 atom stereocenters. The van der Waals surface area contributed by atoms with E-state index in [1.54, 1.807) is 18.3 Å². The summed E-state index contributed by atoms with van der Waals surface area (Å²) in [6.45, 7) is 2.36. The summed E-state index contributed by atoms with van der Waals surface area (Å²) >= 11 is 0. The zero-order valence-corrected chi connectivity index (χ0v) is 17.7. The highest BCUT2D eigenvalue weighted by atomic mass is 19.1. The van der Waals surface area contributed by atoms with Crippen molar-refractivity contribution in [3.05, 3.63) is 47.8 Å². The molecule has 2 fully saturated rings. The average molecular weight is 445 g/mol.